The first-order valence-corrected chi connectivity index (χ1v) is 12.7. The first-order valence-electron chi connectivity index (χ1n) is 12.7. The highest BCUT2D eigenvalue weighted by atomic mass is 19.1. The predicted molar refractivity (Wildman–Crippen MR) is 136 cm³/mol. The molecule has 1 heterocycles. The zero-order valence-corrected chi connectivity index (χ0v) is 21.3. The number of nitrogens with one attached hydrogen (secondary N) is 1. The average Bonchev–Trinajstić information content (AvgIpc) is 3.22. The van der Waals surface area contributed by atoms with Gasteiger partial charge in [-0.25, -0.2) is 9.18 Å². The first kappa shape index (κ1) is 27.5. The lowest BCUT2D eigenvalue weighted by atomic mass is 9.78. The number of nitrogens with zero attached hydrogens (tertiary/aromatic N) is 1. The van der Waals surface area contributed by atoms with Crippen LogP contribution >= 0.6 is 0 Å². The first-order chi connectivity index (χ1) is 17.3. The maximum absolute atomic E-state index is 13.7. The van der Waals surface area contributed by atoms with Crippen LogP contribution in [-0.4, -0.2) is 54.9 Å². The minimum atomic E-state index is -1.42. The van der Waals surface area contributed by atoms with Gasteiger partial charge >= 0.3 is 6.16 Å². The van der Waals surface area contributed by atoms with E-state index in [1.54, 1.807) is 31.4 Å². The molecule has 7 nitrogen and oxygen atoms in total. The normalized spacial score (nSPS) is 21.2. The van der Waals surface area contributed by atoms with Gasteiger partial charge in [0.2, 0.25) is 5.91 Å². The second-order valence-corrected chi connectivity index (χ2v) is 9.31. The van der Waals surface area contributed by atoms with Gasteiger partial charge in [-0.05, 0) is 48.2 Å². The maximum atomic E-state index is 13.7. The van der Waals surface area contributed by atoms with E-state index in [1.165, 1.54) is 12.1 Å². The SMILES string of the molecule is CCCCN(CCCC)C(=O)C[C@]1(c2ccc(OC)cc2)NC[C@H](c2ccc(F)cc2)[C@@H]1OC(=O)O. The molecule has 2 aromatic rings. The molecule has 0 saturated carbocycles. The number of unbranched alkanes of at least 4 members (excludes halogenated alkanes) is 2. The number of halogens is 1. The molecule has 2 N–H and O–H groups in total. The summed E-state index contributed by atoms with van der Waals surface area (Å²) in [4.78, 5) is 27.5. The molecule has 36 heavy (non-hydrogen) atoms. The fourth-order valence-corrected chi connectivity index (χ4v) is 4.97. The van der Waals surface area contributed by atoms with E-state index in [4.69, 9.17) is 9.47 Å². The van der Waals surface area contributed by atoms with Crippen molar-refractivity contribution in [2.45, 2.75) is 63.5 Å². The van der Waals surface area contributed by atoms with E-state index < -0.39 is 23.7 Å². The number of hydrogen-bond acceptors (Lipinski definition) is 5. The Morgan fingerprint density at radius 1 is 1.06 bits per heavy atom. The Hall–Kier alpha value is -3.13. The number of carboxylic acid groups (broad SMARTS) is 1. The maximum Gasteiger partial charge on any atom is 0.506 e. The van der Waals surface area contributed by atoms with Crippen LogP contribution in [0.4, 0.5) is 9.18 Å². The summed E-state index contributed by atoms with van der Waals surface area (Å²) in [5.41, 5.74) is 0.377. The average molecular weight is 501 g/mol. The molecule has 3 atom stereocenters. The number of rotatable bonds is 12. The standard InChI is InChI=1S/C28H37FN2O5/c1-4-6-16-31(17-7-5-2)25(32)18-28(21-10-14-23(35-3)15-11-21)26(36-27(33)34)24(19-30-28)20-8-12-22(29)13-9-20/h8-15,24,26,30H,4-7,16-19H2,1-3H3,(H,33,34)/t24-,26+,28-/m1/s1. The van der Waals surface area contributed by atoms with Crippen molar-refractivity contribution >= 4 is 12.1 Å². The van der Waals surface area contributed by atoms with Gasteiger partial charge in [0, 0.05) is 25.6 Å². The van der Waals surface area contributed by atoms with Gasteiger partial charge in [-0.3, -0.25) is 4.79 Å². The topological polar surface area (TPSA) is 88.1 Å². The van der Waals surface area contributed by atoms with Crippen LogP contribution in [0.25, 0.3) is 0 Å². The molecule has 8 heteroatoms. The van der Waals surface area contributed by atoms with Crippen molar-refractivity contribution in [2.24, 2.45) is 0 Å². The van der Waals surface area contributed by atoms with Crippen LogP contribution in [0.2, 0.25) is 0 Å². The van der Waals surface area contributed by atoms with Gasteiger partial charge in [-0.1, -0.05) is 51.0 Å². The van der Waals surface area contributed by atoms with Crippen molar-refractivity contribution in [3.05, 3.63) is 65.5 Å². The molecule has 1 aliphatic rings. The summed E-state index contributed by atoms with van der Waals surface area (Å²) in [5.74, 6) is -0.189. The van der Waals surface area contributed by atoms with Gasteiger partial charge in [-0.2, -0.15) is 0 Å². The molecule has 1 amide bonds. The van der Waals surface area contributed by atoms with E-state index >= 15 is 0 Å². The van der Waals surface area contributed by atoms with Gasteiger partial charge < -0.3 is 24.8 Å². The Morgan fingerprint density at radius 3 is 2.19 bits per heavy atom. The van der Waals surface area contributed by atoms with Crippen LogP contribution in [0.5, 0.6) is 5.75 Å². The highest BCUT2D eigenvalue weighted by Crippen LogP contribution is 2.44. The van der Waals surface area contributed by atoms with Crippen LogP contribution in [0.15, 0.2) is 48.5 Å². The van der Waals surface area contributed by atoms with Crippen LogP contribution < -0.4 is 10.1 Å². The lowest BCUT2D eigenvalue weighted by Crippen LogP contribution is -2.51. The molecule has 0 aromatic heterocycles. The Kier molecular flexibility index (Phi) is 9.70. The number of hydrogen-bond donors (Lipinski definition) is 2. The number of methoxy groups -OCH3 is 1. The van der Waals surface area contributed by atoms with Crippen molar-refractivity contribution in [1.82, 2.24) is 10.2 Å². The largest absolute Gasteiger partial charge is 0.506 e. The number of carbonyl (C=O) groups excluding carboxylic acids is 1. The molecule has 1 fully saturated rings. The molecule has 0 unspecified atom stereocenters. The Labute approximate surface area is 212 Å². The molecule has 0 aliphatic carbocycles. The number of ether oxygens (including phenoxy) is 2. The van der Waals surface area contributed by atoms with Gasteiger partial charge in [0.1, 0.15) is 17.7 Å². The molecule has 3 rings (SSSR count). The van der Waals surface area contributed by atoms with E-state index in [0.717, 1.165) is 36.8 Å². The molecule has 0 spiro atoms. The third-order valence-corrected chi connectivity index (χ3v) is 6.97. The third-order valence-electron chi connectivity index (χ3n) is 6.97. The van der Waals surface area contributed by atoms with E-state index in [9.17, 15) is 19.1 Å². The van der Waals surface area contributed by atoms with E-state index in [0.29, 0.717) is 25.4 Å². The fraction of sp³-hybridized carbons (Fsp3) is 0.500. The Morgan fingerprint density at radius 2 is 1.67 bits per heavy atom. The lowest BCUT2D eigenvalue weighted by molar-refractivity contribution is -0.134. The van der Waals surface area contributed by atoms with Crippen molar-refractivity contribution in [2.75, 3.05) is 26.7 Å². The van der Waals surface area contributed by atoms with Gasteiger partial charge in [0.15, 0.2) is 0 Å². The summed E-state index contributed by atoms with van der Waals surface area (Å²) in [6.07, 6.45) is 1.43. The summed E-state index contributed by atoms with van der Waals surface area (Å²) in [7, 11) is 1.57. The highest BCUT2D eigenvalue weighted by molar-refractivity contribution is 5.78. The number of benzene rings is 2. The Bertz CT molecular complexity index is 990. The van der Waals surface area contributed by atoms with Gasteiger partial charge in [0.05, 0.1) is 19.1 Å². The quantitative estimate of drug-likeness (QED) is 0.385. The van der Waals surface area contributed by atoms with E-state index in [-0.39, 0.29) is 18.1 Å². The fourth-order valence-electron chi connectivity index (χ4n) is 4.97. The molecule has 1 saturated heterocycles. The van der Waals surface area contributed by atoms with E-state index in [2.05, 4.69) is 19.2 Å². The monoisotopic (exact) mass is 500 g/mol. The number of amides is 1. The van der Waals surface area contributed by atoms with Crippen molar-refractivity contribution in [3.63, 3.8) is 0 Å². The third kappa shape index (κ3) is 6.35. The zero-order valence-electron chi connectivity index (χ0n) is 21.3. The second-order valence-electron chi connectivity index (χ2n) is 9.31. The molecule has 0 radical (unpaired) electrons. The Balaban J connectivity index is 2.05. The lowest BCUT2D eigenvalue weighted by Gasteiger charge is -2.38. The van der Waals surface area contributed by atoms with Gasteiger partial charge in [-0.15, -0.1) is 0 Å². The van der Waals surface area contributed by atoms with Crippen LogP contribution in [0.1, 0.15) is 63.0 Å². The van der Waals surface area contributed by atoms with Crippen molar-refractivity contribution in [3.8, 4) is 5.75 Å². The molecular weight excluding hydrogens is 463 g/mol. The summed E-state index contributed by atoms with van der Waals surface area (Å²) >= 11 is 0. The van der Waals surface area contributed by atoms with Crippen molar-refractivity contribution < 1.29 is 28.6 Å². The summed E-state index contributed by atoms with van der Waals surface area (Å²) < 4.78 is 24.5. The van der Waals surface area contributed by atoms with Crippen LogP contribution in [0.3, 0.4) is 0 Å². The summed E-state index contributed by atoms with van der Waals surface area (Å²) in [5, 5.41) is 13.2. The predicted octanol–water partition coefficient (Wildman–Crippen LogP) is 5.30. The van der Waals surface area contributed by atoms with Gasteiger partial charge in [0.25, 0.3) is 0 Å². The molecule has 1 aliphatic heterocycles. The van der Waals surface area contributed by atoms with Crippen LogP contribution in [0, 0.1) is 5.82 Å². The van der Waals surface area contributed by atoms with Crippen LogP contribution in [-0.2, 0) is 15.1 Å². The summed E-state index contributed by atoms with van der Waals surface area (Å²) in [6.45, 7) is 5.85. The highest BCUT2D eigenvalue weighted by Gasteiger charge is 2.54. The van der Waals surface area contributed by atoms with E-state index in [1.807, 2.05) is 17.0 Å². The molecule has 196 valence electrons. The summed E-state index contributed by atoms with van der Waals surface area (Å²) in [6, 6.07) is 13.2. The minimum Gasteiger partial charge on any atom is -0.497 e. The minimum absolute atomic E-state index is 0.0302. The molecule has 0 bridgehead atoms. The molecule has 2 aromatic carbocycles. The smallest absolute Gasteiger partial charge is 0.497 e. The van der Waals surface area contributed by atoms with Crippen molar-refractivity contribution in [1.29, 1.82) is 0 Å². The molecular formula is C28H37FN2O5. The second kappa shape index (κ2) is 12.7. The number of carbonyl (C=O) groups is 2. The zero-order chi connectivity index (χ0) is 26.1.